The maximum absolute atomic E-state index is 12.7. The SMILES string of the molecule is Cc1nc2cc(C(=O)N3CCN(C(=O)C(C)C)CC3)ccc2n1C. The summed E-state index contributed by atoms with van der Waals surface area (Å²) in [5.74, 6) is 1.10. The van der Waals surface area contributed by atoms with Gasteiger partial charge in [0.25, 0.3) is 5.91 Å². The van der Waals surface area contributed by atoms with Crippen molar-refractivity contribution in [2.75, 3.05) is 26.2 Å². The Labute approximate surface area is 142 Å². The number of amides is 2. The molecule has 0 aliphatic carbocycles. The number of aryl methyl sites for hydroxylation is 2. The van der Waals surface area contributed by atoms with Crippen molar-refractivity contribution in [1.29, 1.82) is 0 Å². The molecule has 0 spiro atoms. The quantitative estimate of drug-likeness (QED) is 0.845. The van der Waals surface area contributed by atoms with Crippen LogP contribution >= 0.6 is 0 Å². The van der Waals surface area contributed by atoms with Gasteiger partial charge in [-0.1, -0.05) is 13.8 Å². The number of piperazine rings is 1. The molecule has 24 heavy (non-hydrogen) atoms. The summed E-state index contributed by atoms with van der Waals surface area (Å²) in [5, 5.41) is 0. The lowest BCUT2D eigenvalue weighted by atomic mass is 10.1. The molecular formula is C18H24N4O2. The van der Waals surface area contributed by atoms with Crippen LogP contribution in [0.2, 0.25) is 0 Å². The summed E-state index contributed by atoms with van der Waals surface area (Å²) in [5.41, 5.74) is 2.52. The molecule has 128 valence electrons. The molecule has 1 aliphatic rings. The van der Waals surface area contributed by atoms with Gasteiger partial charge in [-0.2, -0.15) is 0 Å². The van der Waals surface area contributed by atoms with E-state index in [-0.39, 0.29) is 17.7 Å². The number of carbonyl (C=O) groups is 2. The van der Waals surface area contributed by atoms with E-state index in [0.29, 0.717) is 31.7 Å². The molecule has 3 rings (SSSR count). The summed E-state index contributed by atoms with van der Waals surface area (Å²) in [7, 11) is 1.97. The molecule has 6 heteroatoms. The topological polar surface area (TPSA) is 58.4 Å². The van der Waals surface area contributed by atoms with Crippen molar-refractivity contribution < 1.29 is 9.59 Å². The second kappa shape index (κ2) is 6.26. The van der Waals surface area contributed by atoms with Crippen LogP contribution in [0.5, 0.6) is 0 Å². The Kier molecular flexibility index (Phi) is 4.30. The summed E-state index contributed by atoms with van der Waals surface area (Å²) in [6.07, 6.45) is 0. The van der Waals surface area contributed by atoms with Crippen LogP contribution < -0.4 is 0 Å². The van der Waals surface area contributed by atoms with Crippen molar-refractivity contribution >= 4 is 22.8 Å². The first-order chi connectivity index (χ1) is 11.4. The van der Waals surface area contributed by atoms with E-state index in [1.165, 1.54) is 0 Å². The highest BCUT2D eigenvalue weighted by atomic mass is 16.2. The lowest BCUT2D eigenvalue weighted by Gasteiger charge is -2.35. The zero-order chi connectivity index (χ0) is 17.4. The van der Waals surface area contributed by atoms with Crippen LogP contribution in [0.3, 0.4) is 0 Å². The Balaban J connectivity index is 1.72. The van der Waals surface area contributed by atoms with Crippen molar-refractivity contribution in [3.63, 3.8) is 0 Å². The molecule has 1 aromatic carbocycles. The first-order valence-electron chi connectivity index (χ1n) is 8.39. The van der Waals surface area contributed by atoms with Gasteiger partial charge < -0.3 is 14.4 Å². The minimum atomic E-state index is 0.00190. The number of aromatic nitrogens is 2. The highest BCUT2D eigenvalue weighted by Gasteiger charge is 2.26. The Hall–Kier alpha value is -2.37. The second-order valence-corrected chi connectivity index (χ2v) is 6.69. The van der Waals surface area contributed by atoms with Gasteiger partial charge in [-0.05, 0) is 25.1 Å². The van der Waals surface area contributed by atoms with Crippen molar-refractivity contribution in [2.45, 2.75) is 20.8 Å². The van der Waals surface area contributed by atoms with Gasteiger partial charge in [-0.25, -0.2) is 4.98 Å². The molecule has 2 heterocycles. The first kappa shape index (κ1) is 16.5. The molecule has 0 bridgehead atoms. The normalized spacial score (nSPS) is 15.4. The number of hydrogen-bond acceptors (Lipinski definition) is 3. The maximum Gasteiger partial charge on any atom is 0.254 e. The Morgan fingerprint density at radius 1 is 1.08 bits per heavy atom. The predicted molar refractivity (Wildman–Crippen MR) is 92.8 cm³/mol. The minimum absolute atomic E-state index is 0.00190. The van der Waals surface area contributed by atoms with Crippen LogP contribution in [0, 0.1) is 12.8 Å². The highest BCUT2D eigenvalue weighted by Crippen LogP contribution is 2.18. The molecule has 0 radical (unpaired) electrons. The monoisotopic (exact) mass is 328 g/mol. The number of fused-ring (bicyclic) bond motifs is 1. The lowest BCUT2D eigenvalue weighted by molar-refractivity contribution is -0.135. The van der Waals surface area contributed by atoms with Crippen molar-refractivity contribution in [1.82, 2.24) is 19.4 Å². The molecule has 1 aromatic heterocycles. The average Bonchev–Trinajstić information content (AvgIpc) is 2.87. The van der Waals surface area contributed by atoms with Gasteiger partial charge in [0.15, 0.2) is 0 Å². The smallest absolute Gasteiger partial charge is 0.254 e. The fraction of sp³-hybridized carbons (Fsp3) is 0.500. The highest BCUT2D eigenvalue weighted by molar-refractivity contribution is 5.97. The largest absolute Gasteiger partial charge is 0.339 e. The van der Waals surface area contributed by atoms with Crippen molar-refractivity contribution in [3.8, 4) is 0 Å². The second-order valence-electron chi connectivity index (χ2n) is 6.69. The molecule has 0 saturated carbocycles. The maximum atomic E-state index is 12.7. The lowest BCUT2D eigenvalue weighted by Crippen LogP contribution is -2.51. The van der Waals surface area contributed by atoms with Crippen LogP contribution in [0.1, 0.15) is 30.0 Å². The summed E-state index contributed by atoms with van der Waals surface area (Å²) >= 11 is 0. The van der Waals surface area contributed by atoms with Crippen LogP contribution in [0.25, 0.3) is 11.0 Å². The van der Waals surface area contributed by atoms with Gasteiger partial charge >= 0.3 is 0 Å². The number of hydrogen-bond donors (Lipinski definition) is 0. The van der Waals surface area contributed by atoms with Crippen LogP contribution in [-0.4, -0.2) is 57.3 Å². The molecule has 0 unspecified atom stereocenters. The number of imidazole rings is 1. The minimum Gasteiger partial charge on any atom is -0.339 e. The summed E-state index contributed by atoms with van der Waals surface area (Å²) in [6.45, 7) is 8.13. The number of carbonyl (C=O) groups excluding carboxylic acids is 2. The fourth-order valence-corrected chi connectivity index (χ4v) is 3.13. The Bertz CT molecular complexity index is 786. The zero-order valence-electron chi connectivity index (χ0n) is 14.7. The average molecular weight is 328 g/mol. The van der Waals surface area contributed by atoms with Gasteiger partial charge in [0, 0.05) is 44.7 Å². The van der Waals surface area contributed by atoms with Crippen LogP contribution in [-0.2, 0) is 11.8 Å². The molecular weight excluding hydrogens is 304 g/mol. The van der Waals surface area contributed by atoms with Gasteiger partial charge in [-0.15, -0.1) is 0 Å². The number of benzene rings is 1. The summed E-state index contributed by atoms with van der Waals surface area (Å²) < 4.78 is 2.01. The van der Waals surface area contributed by atoms with E-state index >= 15 is 0 Å². The van der Waals surface area contributed by atoms with Crippen LogP contribution in [0.15, 0.2) is 18.2 Å². The molecule has 2 aromatic rings. The first-order valence-corrected chi connectivity index (χ1v) is 8.39. The van der Waals surface area contributed by atoms with E-state index in [2.05, 4.69) is 4.98 Å². The third-order valence-electron chi connectivity index (χ3n) is 4.72. The predicted octanol–water partition coefficient (Wildman–Crippen LogP) is 1.82. The van der Waals surface area contributed by atoms with Crippen molar-refractivity contribution in [2.24, 2.45) is 13.0 Å². The third-order valence-corrected chi connectivity index (χ3v) is 4.72. The van der Waals surface area contributed by atoms with Gasteiger partial charge in [0.2, 0.25) is 5.91 Å². The van der Waals surface area contributed by atoms with Crippen molar-refractivity contribution in [3.05, 3.63) is 29.6 Å². The number of rotatable bonds is 2. The molecule has 1 fully saturated rings. The van der Waals surface area contributed by atoms with E-state index in [9.17, 15) is 9.59 Å². The zero-order valence-corrected chi connectivity index (χ0v) is 14.7. The van der Waals surface area contributed by atoms with E-state index in [0.717, 1.165) is 16.9 Å². The molecule has 1 aliphatic heterocycles. The van der Waals surface area contributed by atoms with E-state index in [1.807, 2.05) is 60.4 Å². The Morgan fingerprint density at radius 2 is 1.71 bits per heavy atom. The summed E-state index contributed by atoms with van der Waals surface area (Å²) in [4.78, 5) is 32.9. The van der Waals surface area contributed by atoms with Gasteiger partial charge in [-0.3, -0.25) is 9.59 Å². The fourth-order valence-electron chi connectivity index (χ4n) is 3.13. The molecule has 0 N–H and O–H groups in total. The van der Waals surface area contributed by atoms with E-state index < -0.39 is 0 Å². The molecule has 0 atom stereocenters. The third kappa shape index (κ3) is 2.88. The molecule has 2 amide bonds. The van der Waals surface area contributed by atoms with E-state index in [1.54, 1.807) is 0 Å². The molecule has 1 saturated heterocycles. The Morgan fingerprint density at radius 3 is 2.33 bits per heavy atom. The van der Waals surface area contributed by atoms with Crippen LogP contribution in [0.4, 0.5) is 0 Å². The van der Waals surface area contributed by atoms with E-state index in [4.69, 9.17) is 0 Å². The van der Waals surface area contributed by atoms with Gasteiger partial charge in [0.05, 0.1) is 11.0 Å². The standard InChI is InChI=1S/C18H24N4O2/c1-12(2)17(23)21-7-9-22(10-8-21)18(24)14-5-6-16-15(11-14)19-13(3)20(16)4/h5-6,11-12H,7-10H2,1-4H3. The van der Waals surface area contributed by atoms with Gasteiger partial charge in [0.1, 0.15) is 5.82 Å². The molecule has 6 nitrogen and oxygen atoms in total. The number of nitrogens with zero attached hydrogens (tertiary/aromatic N) is 4. The summed E-state index contributed by atoms with van der Waals surface area (Å²) in [6, 6.07) is 5.66.